The van der Waals surface area contributed by atoms with E-state index in [0.717, 1.165) is 32.5 Å². The molecular formula is C43H86O13. The molecule has 1 rings (SSSR count). The fraction of sp³-hybridized carbons (Fsp3) is 1.00. The molecule has 1 aliphatic rings. The zero-order valence-corrected chi connectivity index (χ0v) is 35.9. The van der Waals surface area contributed by atoms with E-state index in [9.17, 15) is 0 Å². The lowest BCUT2D eigenvalue weighted by Gasteiger charge is -2.22. The third-order valence-electron chi connectivity index (χ3n) is 9.03. The molecule has 13 heteroatoms. The quantitative estimate of drug-likeness (QED) is 0.0578. The highest BCUT2D eigenvalue weighted by Gasteiger charge is 2.13. The minimum atomic E-state index is -0.0645. The lowest BCUT2D eigenvalue weighted by atomic mass is 10.0. The predicted molar refractivity (Wildman–Crippen MR) is 219 cm³/mol. The van der Waals surface area contributed by atoms with Crippen LogP contribution in [0.25, 0.3) is 0 Å². The van der Waals surface area contributed by atoms with E-state index in [1.807, 2.05) is 0 Å². The van der Waals surface area contributed by atoms with Crippen LogP contribution in [0.15, 0.2) is 0 Å². The third kappa shape index (κ3) is 44.6. The zero-order valence-electron chi connectivity index (χ0n) is 35.9. The maximum atomic E-state index is 5.69. The maximum absolute atomic E-state index is 5.69. The van der Waals surface area contributed by atoms with Crippen LogP contribution in [-0.2, 0) is 61.6 Å². The molecule has 0 aromatic rings. The van der Waals surface area contributed by atoms with Gasteiger partial charge in [-0.3, -0.25) is 0 Å². The van der Waals surface area contributed by atoms with Gasteiger partial charge in [0.1, 0.15) is 0 Å². The fourth-order valence-corrected chi connectivity index (χ4v) is 5.78. The van der Waals surface area contributed by atoms with Gasteiger partial charge in [0.2, 0.25) is 0 Å². The highest BCUT2D eigenvalue weighted by Crippen LogP contribution is 2.14. The Labute approximate surface area is 342 Å². The van der Waals surface area contributed by atoms with Crippen LogP contribution in [0.4, 0.5) is 0 Å². The SMILES string of the molecule is CCCCCCCCCCCCCCCCOCCOCCOCCOCCOCCOCCOCCOCCOCCOCCOCCOC1CCCCO1. The van der Waals surface area contributed by atoms with Gasteiger partial charge in [-0.1, -0.05) is 90.4 Å². The smallest absolute Gasteiger partial charge is 0.157 e. The van der Waals surface area contributed by atoms with Crippen LogP contribution in [0, 0.1) is 0 Å². The van der Waals surface area contributed by atoms with E-state index in [1.54, 1.807) is 0 Å². The van der Waals surface area contributed by atoms with Crippen LogP contribution in [-0.4, -0.2) is 165 Å². The van der Waals surface area contributed by atoms with Crippen molar-refractivity contribution >= 4 is 0 Å². The second kappa shape index (κ2) is 48.8. The number of hydrogen-bond acceptors (Lipinski definition) is 13. The highest BCUT2D eigenvalue weighted by molar-refractivity contribution is 4.54. The molecule has 1 fully saturated rings. The molecule has 0 bridgehead atoms. The molecule has 0 aliphatic carbocycles. The van der Waals surface area contributed by atoms with Gasteiger partial charge in [0.05, 0.1) is 145 Å². The van der Waals surface area contributed by atoms with Gasteiger partial charge in [0.25, 0.3) is 0 Å². The van der Waals surface area contributed by atoms with Gasteiger partial charge in [0, 0.05) is 13.2 Å². The van der Waals surface area contributed by atoms with Crippen molar-refractivity contribution in [3.63, 3.8) is 0 Å². The Kier molecular flexibility index (Phi) is 46.7. The van der Waals surface area contributed by atoms with Gasteiger partial charge >= 0.3 is 0 Å². The number of ether oxygens (including phenoxy) is 13. The van der Waals surface area contributed by atoms with Gasteiger partial charge in [-0.25, -0.2) is 0 Å². The summed E-state index contributed by atoms with van der Waals surface area (Å²) in [6.07, 6.45) is 22.5. The van der Waals surface area contributed by atoms with E-state index in [1.165, 1.54) is 89.9 Å². The normalized spacial score (nSPS) is 14.6. The monoisotopic (exact) mass is 811 g/mol. The maximum Gasteiger partial charge on any atom is 0.157 e. The minimum Gasteiger partial charge on any atom is -0.379 e. The summed E-state index contributed by atoms with van der Waals surface area (Å²) in [5.74, 6) is 0. The number of rotatable bonds is 49. The summed E-state index contributed by atoms with van der Waals surface area (Å²) in [5.41, 5.74) is 0. The highest BCUT2D eigenvalue weighted by atomic mass is 16.7. The summed E-state index contributed by atoms with van der Waals surface area (Å²) in [4.78, 5) is 0. The molecule has 0 aromatic heterocycles. The topological polar surface area (TPSA) is 120 Å². The Morgan fingerprint density at radius 3 is 0.857 bits per heavy atom. The van der Waals surface area contributed by atoms with Gasteiger partial charge < -0.3 is 61.6 Å². The molecule has 1 aliphatic heterocycles. The van der Waals surface area contributed by atoms with Crippen molar-refractivity contribution in [2.24, 2.45) is 0 Å². The average Bonchev–Trinajstić information content (AvgIpc) is 3.22. The Bertz CT molecular complexity index is 703. The van der Waals surface area contributed by atoms with Gasteiger partial charge in [0.15, 0.2) is 6.29 Å². The van der Waals surface area contributed by atoms with Crippen LogP contribution in [0.1, 0.15) is 116 Å². The summed E-state index contributed by atoms with van der Waals surface area (Å²) < 4.78 is 72.1. The van der Waals surface area contributed by atoms with Gasteiger partial charge in [-0.15, -0.1) is 0 Å². The molecule has 1 unspecified atom stereocenters. The van der Waals surface area contributed by atoms with Crippen molar-refractivity contribution in [2.75, 3.05) is 159 Å². The Balaban J connectivity index is 1.59. The van der Waals surface area contributed by atoms with Gasteiger partial charge in [-0.2, -0.15) is 0 Å². The lowest BCUT2D eigenvalue weighted by molar-refractivity contribution is -0.169. The molecule has 336 valence electrons. The van der Waals surface area contributed by atoms with Crippen molar-refractivity contribution < 1.29 is 61.6 Å². The van der Waals surface area contributed by atoms with E-state index in [0.29, 0.717) is 145 Å². The van der Waals surface area contributed by atoms with E-state index >= 15 is 0 Å². The third-order valence-corrected chi connectivity index (χ3v) is 9.03. The lowest BCUT2D eigenvalue weighted by Crippen LogP contribution is -2.24. The number of unbranched alkanes of at least 4 members (excludes halogenated alkanes) is 13. The summed E-state index contributed by atoms with van der Waals surface area (Å²) in [7, 11) is 0. The molecule has 0 saturated carbocycles. The minimum absolute atomic E-state index is 0.0645. The van der Waals surface area contributed by atoms with Crippen molar-refractivity contribution in [2.45, 2.75) is 122 Å². The van der Waals surface area contributed by atoms with E-state index in [-0.39, 0.29) is 6.29 Å². The average molecular weight is 811 g/mol. The van der Waals surface area contributed by atoms with Crippen LogP contribution < -0.4 is 0 Å². The van der Waals surface area contributed by atoms with Crippen LogP contribution in [0.5, 0.6) is 0 Å². The largest absolute Gasteiger partial charge is 0.379 e. The van der Waals surface area contributed by atoms with Crippen molar-refractivity contribution in [1.29, 1.82) is 0 Å². The molecule has 0 radical (unpaired) electrons. The summed E-state index contributed by atoms with van der Waals surface area (Å²) in [5, 5.41) is 0. The summed E-state index contributed by atoms with van der Waals surface area (Å²) in [6, 6.07) is 0. The Morgan fingerprint density at radius 2 is 0.571 bits per heavy atom. The molecule has 0 spiro atoms. The first-order chi connectivity index (χ1) is 27.9. The summed E-state index contributed by atoms with van der Waals surface area (Å²) in [6.45, 7) is 15.8. The molecule has 1 saturated heterocycles. The van der Waals surface area contributed by atoms with E-state index in [4.69, 9.17) is 61.6 Å². The van der Waals surface area contributed by atoms with E-state index in [2.05, 4.69) is 6.92 Å². The standard InChI is InChI=1S/C43H86O13/c1-2-3-4-5-6-7-8-9-10-11-12-13-14-16-19-44-21-22-45-23-24-46-25-26-47-27-28-48-29-30-49-31-32-50-33-34-51-35-36-52-37-38-53-39-40-54-41-42-56-43-18-15-17-20-55-43/h43H,2-42H2,1H3. The first-order valence-electron chi connectivity index (χ1n) is 22.5. The van der Waals surface area contributed by atoms with Gasteiger partial charge in [-0.05, 0) is 25.7 Å². The first kappa shape index (κ1) is 53.5. The Hall–Kier alpha value is -0.520. The molecule has 13 nitrogen and oxygen atoms in total. The van der Waals surface area contributed by atoms with Crippen LogP contribution in [0.2, 0.25) is 0 Å². The fourth-order valence-electron chi connectivity index (χ4n) is 5.78. The van der Waals surface area contributed by atoms with E-state index < -0.39 is 0 Å². The molecule has 1 atom stereocenters. The van der Waals surface area contributed by atoms with Crippen LogP contribution >= 0.6 is 0 Å². The molecule has 1 heterocycles. The summed E-state index contributed by atoms with van der Waals surface area (Å²) >= 11 is 0. The Morgan fingerprint density at radius 1 is 0.304 bits per heavy atom. The van der Waals surface area contributed by atoms with Crippen molar-refractivity contribution in [1.82, 2.24) is 0 Å². The molecule has 56 heavy (non-hydrogen) atoms. The molecular weight excluding hydrogens is 724 g/mol. The number of hydrogen-bond donors (Lipinski definition) is 0. The molecule has 0 N–H and O–H groups in total. The molecule has 0 aromatic carbocycles. The zero-order chi connectivity index (χ0) is 39.8. The van der Waals surface area contributed by atoms with Crippen molar-refractivity contribution in [3.05, 3.63) is 0 Å². The van der Waals surface area contributed by atoms with Crippen LogP contribution in [0.3, 0.4) is 0 Å². The second-order valence-electron chi connectivity index (χ2n) is 14.0. The second-order valence-corrected chi connectivity index (χ2v) is 14.0. The predicted octanol–water partition coefficient (Wildman–Crippen LogP) is 7.19. The molecule has 0 amide bonds. The van der Waals surface area contributed by atoms with Crippen molar-refractivity contribution in [3.8, 4) is 0 Å². The first-order valence-corrected chi connectivity index (χ1v) is 22.5.